The summed E-state index contributed by atoms with van der Waals surface area (Å²) < 4.78 is 10.1. The average molecular weight is 195 g/mol. The maximum Gasteiger partial charge on any atom is 0.162 e. The molecule has 1 aromatic rings. The Balaban J connectivity index is 3.28. The van der Waals surface area contributed by atoms with Crippen molar-refractivity contribution in [2.24, 2.45) is 0 Å². The van der Waals surface area contributed by atoms with Gasteiger partial charge < -0.3 is 9.47 Å². The molecule has 0 spiro atoms. The summed E-state index contributed by atoms with van der Waals surface area (Å²) >= 11 is 4.13. The van der Waals surface area contributed by atoms with Gasteiger partial charge in [-0.2, -0.15) is 5.26 Å². The Bertz CT molecular complexity index is 357. The number of hydrogen-bond donors (Lipinski definition) is 1. The van der Waals surface area contributed by atoms with Gasteiger partial charge in [0.15, 0.2) is 11.5 Å². The van der Waals surface area contributed by atoms with E-state index >= 15 is 0 Å². The van der Waals surface area contributed by atoms with Crippen molar-refractivity contribution in [1.29, 1.82) is 5.26 Å². The molecule has 0 aliphatic heterocycles. The predicted octanol–water partition coefficient (Wildman–Crippen LogP) is 1.86. The standard InChI is InChI=1S/C9H9NO2S/c1-11-7-3-6(5-10)9(13)4-8(7)12-2/h3-4,13H,1-2H3. The molecule has 4 heteroatoms. The van der Waals surface area contributed by atoms with Crippen molar-refractivity contribution in [1.82, 2.24) is 0 Å². The molecular weight excluding hydrogens is 186 g/mol. The van der Waals surface area contributed by atoms with E-state index in [1.54, 1.807) is 12.1 Å². The van der Waals surface area contributed by atoms with Gasteiger partial charge in [0.05, 0.1) is 19.8 Å². The number of benzene rings is 1. The van der Waals surface area contributed by atoms with E-state index in [2.05, 4.69) is 12.6 Å². The van der Waals surface area contributed by atoms with E-state index in [4.69, 9.17) is 14.7 Å². The maximum atomic E-state index is 8.71. The van der Waals surface area contributed by atoms with Crippen molar-refractivity contribution in [3.63, 3.8) is 0 Å². The summed E-state index contributed by atoms with van der Waals surface area (Å²) in [6.45, 7) is 0. The van der Waals surface area contributed by atoms with Crippen molar-refractivity contribution in [2.45, 2.75) is 4.90 Å². The van der Waals surface area contributed by atoms with E-state index in [1.165, 1.54) is 14.2 Å². The Kier molecular flexibility index (Phi) is 3.04. The molecular formula is C9H9NO2S. The molecule has 0 N–H and O–H groups in total. The zero-order chi connectivity index (χ0) is 9.84. The van der Waals surface area contributed by atoms with E-state index in [0.717, 1.165) is 0 Å². The molecule has 1 aromatic carbocycles. The second-order valence-electron chi connectivity index (χ2n) is 2.34. The lowest BCUT2D eigenvalue weighted by atomic mass is 10.2. The number of ether oxygens (including phenoxy) is 2. The molecule has 0 aromatic heterocycles. The zero-order valence-corrected chi connectivity index (χ0v) is 8.26. The molecule has 0 aliphatic rings. The molecule has 68 valence electrons. The van der Waals surface area contributed by atoms with Crippen LogP contribution in [0.5, 0.6) is 11.5 Å². The lowest BCUT2D eigenvalue weighted by molar-refractivity contribution is 0.354. The molecule has 0 atom stereocenters. The molecule has 0 saturated heterocycles. The number of nitrogens with zero attached hydrogens (tertiary/aromatic N) is 1. The average Bonchev–Trinajstić information content (AvgIpc) is 2.17. The quantitative estimate of drug-likeness (QED) is 0.732. The highest BCUT2D eigenvalue weighted by Crippen LogP contribution is 2.31. The third-order valence-electron chi connectivity index (χ3n) is 1.62. The zero-order valence-electron chi connectivity index (χ0n) is 7.37. The van der Waals surface area contributed by atoms with Gasteiger partial charge in [0, 0.05) is 11.0 Å². The van der Waals surface area contributed by atoms with Crippen LogP contribution in [0, 0.1) is 11.3 Å². The Morgan fingerprint density at radius 2 is 1.77 bits per heavy atom. The predicted molar refractivity (Wildman–Crippen MR) is 51.5 cm³/mol. The van der Waals surface area contributed by atoms with E-state index in [-0.39, 0.29) is 0 Å². The summed E-state index contributed by atoms with van der Waals surface area (Å²) in [6.07, 6.45) is 0. The lowest BCUT2D eigenvalue weighted by Crippen LogP contribution is -1.92. The van der Waals surface area contributed by atoms with Crippen molar-refractivity contribution in [2.75, 3.05) is 14.2 Å². The monoisotopic (exact) mass is 195 g/mol. The third kappa shape index (κ3) is 1.87. The second kappa shape index (κ2) is 4.06. The third-order valence-corrected chi connectivity index (χ3v) is 1.99. The summed E-state index contributed by atoms with van der Waals surface area (Å²) in [7, 11) is 3.06. The maximum absolute atomic E-state index is 8.71. The van der Waals surface area contributed by atoms with Crippen LogP contribution in [-0.2, 0) is 0 Å². The summed E-state index contributed by atoms with van der Waals surface area (Å²) in [5.74, 6) is 1.11. The van der Waals surface area contributed by atoms with Gasteiger partial charge in [0.2, 0.25) is 0 Å². The van der Waals surface area contributed by atoms with Gasteiger partial charge in [-0.3, -0.25) is 0 Å². The van der Waals surface area contributed by atoms with Gasteiger partial charge in [0.25, 0.3) is 0 Å². The highest BCUT2D eigenvalue weighted by Gasteiger charge is 2.07. The van der Waals surface area contributed by atoms with E-state index in [0.29, 0.717) is 22.0 Å². The minimum Gasteiger partial charge on any atom is -0.493 e. The van der Waals surface area contributed by atoms with Crippen molar-refractivity contribution in [3.05, 3.63) is 17.7 Å². The van der Waals surface area contributed by atoms with Crippen LogP contribution < -0.4 is 9.47 Å². The van der Waals surface area contributed by atoms with Crippen LogP contribution in [-0.4, -0.2) is 14.2 Å². The first kappa shape index (κ1) is 9.75. The van der Waals surface area contributed by atoms with Gasteiger partial charge >= 0.3 is 0 Å². The molecule has 0 radical (unpaired) electrons. The van der Waals surface area contributed by atoms with Gasteiger partial charge in [0.1, 0.15) is 6.07 Å². The van der Waals surface area contributed by atoms with Crippen LogP contribution in [0.3, 0.4) is 0 Å². The van der Waals surface area contributed by atoms with Crippen LogP contribution in [0.25, 0.3) is 0 Å². The fourth-order valence-electron chi connectivity index (χ4n) is 0.958. The molecule has 0 aliphatic carbocycles. The largest absolute Gasteiger partial charge is 0.493 e. The SMILES string of the molecule is COc1cc(S)c(C#N)cc1OC. The van der Waals surface area contributed by atoms with Crippen LogP contribution in [0.2, 0.25) is 0 Å². The van der Waals surface area contributed by atoms with Crippen LogP contribution in [0.1, 0.15) is 5.56 Å². The summed E-state index contributed by atoms with van der Waals surface area (Å²) in [5.41, 5.74) is 0.473. The summed E-state index contributed by atoms with van der Waals surface area (Å²) in [4.78, 5) is 0.583. The fourth-order valence-corrected chi connectivity index (χ4v) is 1.19. The van der Waals surface area contributed by atoms with E-state index in [1.807, 2.05) is 6.07 Å². The molecule has 0 amide bonds. The fraction of sp³-hybridized carbons (Fsp3) is 0.222. The molecule has 13 heavy (non-hydrogen) atoms. The first-order chi connectivity index (χ1) is 6.22. The number of rotatable bonds is 2. The molecule has 0 unspecified atom stereocenters. The minimum absolute atomic E-state index is 0.473. The van der Waals surface area contributed by atoms with Crippen LogP contribution in [0.15, 0.2) is 17.0 Å². The Labute approximate surface area is 82.3 Å². The second-order valence-corrected chi connectivity index (χ2v) is 2.82. The topological polar surface area (TPSA) is 42.2 Å². The van der Waals surface area contributed by atoms with Gasteiger partial charge in [-0.25, -0.2) is 0 Å². The summed E-state index contributed by atoms with van der Waals surface area (Å²) in [5, 5.41) is 8.71. The van der Waals surface area contributed by atoms with Gasteiger partial charge in [-0.05, 0) is 6.07 Å². The molecule has 0 bridgehead atoms. The smallest absolute Gasteiger partial charge is 0.162 e. The molecule has 0 fully saturated rings. The number of methoxy groups -OCH3 is 2. The number of thiol groups is 1. The Morgan fingerprint density at radius 1 is 1.23 bits per heavy atom. The van der Waals surface area contributed by atoms with Gasteiger partial charge in [-0.15, -0.1) is 12.6 Å². The number of hydrogen-bond acceptors (Lipinski definition) is 4. The van der Waals surface area contributed by atoms with Crippen LogP contribution >= 0.6 is 12.6 Å². The van der Waals surface area contributed by atoms with E-state index in [9.17, 15) is 0 Å². The van der Waals surface area contributed by atoms with Crippen LogP contribution in [0.4, 0.5) is 0 Å². The number of nitriles is 1. The lowest BCUT2D eigenvalue weighted by Gasteiger charge is -2.08. The Hall–Kier alpha value is -1.34. The minimum atomic E-state index is 0.473. The molecule has 0 saturated carbocycles. The van der Waals surface area contributed by atoms with Crippen molar-refractivity contribution < 1.29 is 9.47 Å². The highest BCUT2D eigenvalue weighted by atomic mass is 32.1. The molecule has 3 nitrogen and oxygen atoms in total. The first-order valence-corrected chi connectivity index (χ1v) is 4.02. The highest BCUT2D eigenvalue weighted by molar-refractivity contribution is 7.80. The van der Waals surface area contributed by atoms with Gasteiger partial charge in [-0.1, -0.05) is 0 Å². The molecule has 0 heterocycles. The Morgan fingerprint density at radius 3 is 2.23 bits per heavy atom. The van der Waals surface area contributed by atoms with Crippen molar-refractivity contribution in [3.8, 4) is 17.6 Å². The van der Waals surface area contributed by atoms with Crippen molar-refractivity contribution >= 4 is 12.6 Å². The molecule has 1 rings (SSSR count). The normalized spacial score (nSPS) is 9.08. The van der Waals surface area contributed by atoms with E-state index < -0.39 is 0 Å². The first-order valence-electron chi connectivity index (χ1n) is 3.58. The summed E-state index contributed by atoms with van der Waals surface area (Å²) in [6, 6.07) is 5.26.